The number of carbonyl (C=O) groups excluding carboxylic acids is 1. The van der Waals surface area contributed by atoms with Crippen LogP contribution in [0.15, 0.2) is 10.6 Å². The maximum atomic E-state index is 10.8. The first kappa shape index (κ1) is 21.5. The topological polar surface area (TPSA) is 102 Å². The number of thioether (sulfide) groups is 1. The summed E-state index contributed by atoms with van der Waals surface area (Å²) in [5.41, 5.74) is -0.874. The molecule has 1 fully saturated rings. The Bertz CT molecular complexity index is 560. The molecule has 2 heterocycles. The highest BCUT2D eigenvalue weighted by Crippen LogP contribution is 2.33. The lowest BCUT2D eigenvalue weighted by Crippen LogP contribution is -2.28. The predicted molar refractivity (Wildman–Crippen MR) is 98.0 cm³/mol. The van der Waals surface area contributed by atoms with Gasteiger partial charge in [-0.1, -0.05) is 25.9 Å². The van der Waals surface area contributed by atoms with Crippen molar-refractivity contribution in [2.75, 3.05) is 18.5 Å². The molecule has 0 radical (unpaired) electrons. The van der Waals surface area contributed by atoms with Crippen LogP contribution in [0.1, 0.15) is 53.2 Å². The Morgan fingerprint density at radius 2 is 1.92 bits per heavy atom. The molecule has 0 aliphatic carbocycles. The van der Waals surface area contributed by atoms with Gasteiger partial charge in [-0.15, -0.1) is 0 Å². The first-order valence-electron chi connectivity index (χ1n) is 8.22. The number of aromatic nitrogens is 1. The van der Waals surface area contributed by atoms with Crippen molar-refractivity contribution in [3.63, 3.8) is 0 Å². The molecule has 142 valence electrons. The van der Waals surface area contributed by atoms with Gasteiger partial charge in [0, 0.05) is 29.3 Å². The first-order valence-corrected chi connectivity index (χ1v) is 9.10. The predicted octanol–water partition coefficient (Wildman–Crippen LogP) is 3.30. The molecule has 2 N–H and O–H groups in total. The number of carboxylic acids is 1. The summed E-state index contributed by atoms with van der Waals surface area (Å²) in [7, 11) is 0. The number of carbonyl (C=O) groups is 2. The molecule has 2 rings (SSSR count). The van der Waals surface area contributed by atoms with Crippen molar-refractivity contribution >= 4 is 30.0 Å². The SMILES string of the molecule is CC(C)(C(=O)O)c1cc(NC=O)on1.CC(C)(C)SC1CCOCC1. The number of nitrogens with one attached hydrogen (secondary N) is 1. The van der Waals surface area contributed by atoms with Crippen molar-refractivity contribution < 1.29 is 24.0 Å². The van der Waals surface area contributed by atoms with E-state index in [4.69, 9.17) is 9.84 Å². The van der Waals surface area contributed by atoms with Crippen molar-refractivity contribution in [1.29, 1.82) is 0 Å². The minimum atomic E-state index is -1.13. The molecule has 8 heteroatoms. The van der Waals surface area contributed by atoms with E-state index in [2.05, 4.69) is 47.5 Å². The van der Waals surface area contributed by atoms with E-state index in [-0.39, 0.29) is 11.6 Å². The average molecular weight is 372 g/mol. The van der Waals surface area contributed by atoms with Crippen LogP contribution in [0.25, 0.3) is 0 Å². The molecule has 0 aromatic carbocycles. The minimum Gasteiger partial charge on any atom is -0.481 e. The minimum absolute atomic E-state index is 0.129. The van der Waals surface area contributed by atoms with E-state index >= 15 is 0 Å². The van der Waals surface area contributed by atoms with Crippen LogP contribution in [0.5, 0.6) is 0 Å². The molecule has 1 aliphatic rings. The van der Waals surface area contributed by atoms with Crippen LogP contribution in [0.2, 0.25) is 0 Å². The van der Waals surface area contributed by atoms with Gasteiger partial charge in [-0.2, -0.15) is 11.8 Å². The molecule has 1 aromatic heterocycles. The van der Waals surface area contributed by atoms with Gasteiger partial charge in [-0.05, 0) is 26.7 Å². The summed E-state index contributed by atoms with van der Waals surface area (Å²) in [5, 5.41) is 15.5. The lowest BCUT2D eigenvalue weighted by molar-refractivity contribution is -0.142. The van der Waals surface area contributed by atoms with Crippen LogP contribution in [-0.2, 0) is 19.7 Å². The maximum Gasteiger partial charge on any atom is 0.315 e. The third-order valence-electron chi connectivity index (χ3n) is 3.57. The Balaban J connectivity index is 0.000000257. The van der Waals surface area contributed by atoms with Gasteiger partial charge in [0.2, 0.25) is 12.3 Å². The molecular weight excluding hydrogens is 344 g/mol. The van der Waals surface area contributed by atoms with Gasteiger partial charge in [0.25, 0.3) is 0 Å². The summed E-state index contributed by atoms with van der Waals surface area (Å²) in [6, 6.07) is 1.38. The zero-order valence-corrected chi connectivity index (χ0v) is 16.3. The van der Waals surface area contributed by atoms with E-state index in [0.717, 1.165) is 18.5 Å². The number of anilines is 1. The Morgan fingerprint density at radius 3 is 2.40 bits per heavy atom. The summed E-state index contributed by atoms with van der Waals surface area (Å²) < 4.78 is 10.4. The Morgan fingerprint density at radius 1 is 1.32 bits per heavy atom. The van der Waals surface area contributed by atoms with Crippen molar-refractivity contribution in [3.05, 3.63) is 11.8 Å². The standard InChI is InChI=1S/C9H18OS.C8H10N2O4/c1-9(2,3)11-8-4-6-10-7-5-8;1-8(2,7(12)13)5-3-6(9-4-11)14-10-5/h8H,4-7H2,1-3H3;3-4H,1-2H3,(H,9,11)(H,12,13). The number of hydrogen-bond donors (Lipinski definition) is 2. The fourth-order valence-electron chi connectivity index (χ4n) is 2.10. The zero-order valence-electron chi connectivity index (χ0n) is 15.5. The second-order valence-corrected chi connectivity index (χ2v) is 9.44. The van der Waals surface area contributed by atoms with E-state index in [1.807, 2.05) is 0 Å². The molecule has 1 amide bonds. The third kappa shape index (κ3) is 7.48. The van der Waals surface area contributed by atoms with Crippen LogP contribution < -0.4 is 5.32 Å². The fraction of sp³-hybridized carbons (Fsp3) is 0.706. The number of aliphatic carboxylic acids is 1. The maximum absolute atomic E-state index is 10.8. The van der Waals surface area contributed by atoms with Crippen LogP contribution in [0.4, 0.5) is 5.88 Å². The van der Waals surface area contributed by atoms with Crippen molar-refractivity contribution in [2.45, 2.75) is 62.9 Å². The van der Waals surface area contributed by atoms with Crippen LogP contribution in [0.3, 0.4) is 0 Å². The van der Waals surface area contributed by atoms with Crippen LogP contribution in [0, 0.1) is 0 Å². The number of rotatable bonds is 5. The van der Waals surface area contributed by atoms with Crippen LogP contribution >= 0.6 is 11.8 Å². The van der Waals surface area contributed by atoms with Crippen LogP contribution in [-0.4, -0.2) is 45.9 Å². The first-order chi connectivity index (χ1) is 11.6. The fourth-order valence-corrected chi connectivity index (χ4v) is 3.53. The van der Waals surface area contributed by atoms with Gasteiger partial charge in [-0.25, -0.2) is 0 Å². The summed E-state index contributed by atoms with van der Waals surface area (Å²) in [5.74, 6) is -0.882. The normalized spacial score (nSPS) is 15.9. The summed E-state index contributed by atoms with van der Waals surface area (Å²) in [6.45, 7) is 11.8. The quantitative estimate of drug-likeness (QED) is 0.765. The highest BCUT2D eigenvalue weighted by atomic mass is 32.2. The third-order valence-corrected chi connectivity index (χ3v) is 5.09. The molecule has 1 aromatic rings. The number of ether oxygens (including phenoxy) is 1. The van der Waals surface area contributed by atoms with Gasteiger partial charge < -0.3 is 14.4 Å². The molecule has 1 aliphatic heterocycles. The molecule has 0 unspecified atom stereocenters. The highest BCUT2D eigenvalue weighted by molar-refractivity contribution is 8.01. The Kier molecular flexibility index (Phi) is 7.95. The molecule has 25 heavy (non-hydrogen) atoms. The average Bonchev–Trinajstić information content (AvgIpc) is 2.97. The summed E-state index contributed by atoms with van der Waals surface area (Å²) in [6.07, 6.45) is 2.90. The molecule has 7 nitrogen and oxygen atoms in total. The van der Waals surface area contributed by atoms with Gasteiger partial charge in [-0.3, -0.25) is 14.9 Å². The van der Waals surface area contributed by atoms with Crippen molar-refractivity contribution in [1.82, 2.24) is 5.16 Å². The lowest BCUT2D eigenvalue weighted by atomic mass is 9.90. The number of amides is 1. The number of hydrogen-bond acceptors (Lipinski definition) is 6. The van der Waals surface area contributed by atoms with Gasteiger partial charge >= 0.3 is 5.97 Å². The van der Waals surface area contributed by atoms with E-state index in [0.29, 0.717) is 11.2 Å². The molecule has 0 saturated carbocycles. The Labute approximate surface area is 152 Å². The number of nitrogens with zero attached hydrogens (tertiary/aromatic N) is 1. The summed E-state index contributed by atoms with van der Waals surface area (Å²) >= 11 is 2.10. The number of carboxylic acid groups (broad SMARTS) is 1. The molecule has 0 atom stereocenters. The van der Waals surface area contributed by atoms with Crippen molar-refractivity contribution in [2.24, 2.45) is 0 Å². The van der Waals surface area contributed by atoms with Gasteiger partial charge in [0.1, 0.15) is 11.1 Å². The molecule has 1 saturated heterocycles. The largest absolute Gasteiger partial charge is 0.481 e. The monoisotopic (exact) mass is 372 g/mol. The lowest BCUT2D eigenvalue weighted by Gasteiger charge is -2.28. The van der Waals surface area contributed by atoms with Gasteiger partial charge in [0.15, 0.2) is 0 Å². The molecular formula is C17H28N2O5S. The second-order valence-electron chi connectivity index (χ2n) is 7.31. The van der Waals surface area contributed by atoms with E-state index in [9.17, 15) is 9.59 Å². The smallest absolute Gasteiger partial charge is 0.315 e. The summed E-state index contributed by atoms with van der Waals surface area (Å²) in [4.78, 5) is 20.9. The zero-order chi connectivity index (χ0) is 19.1. The van der Waals surface area contributed by atoms with E-state index in [1.54, 1.807) is 0 Å². The van der Waals surface area contributed by atoms with E-state index < -0.39 is 11.4 Å². The Hall–Kier alpha value is -1.54. The van der Waals surface area contributed by atoms with Crippen molar-refractivity contribution in [3.8, 4) is 0 Å². The second kappa shape index (κ2) is 9.24. The van der Waals surface area contributed by atoms with Gasteiger partial charge in [0.05, 0.1) is 0 Å². The molecule has 0 bridgehead atoms. The van der Waals surface area contributed by atoms with E-state index in [1.165, 1.54) is 32.8 Å². The molecule has 0 spiro atoms. The highest BCUT2D eigenvalue weighted by Gasteiger charge is 2.33.